The minimum absolute atomic E-state index is 0.0856. The Balaban J connectivity index is 2.45. The summed E-state index contributed by atoms with van der Waals surface area (Å²) in [6.45, 7) is 1.86. The molecule has 0 bridgehead atoms. The van der Waals surface area contributed by atoms with Crippen molar-refractivity contribution in [3.8, 4) is 0 Å². The molecule has 0 aromatic heterocycles. The van der Waals surface area contributed by atoms with Crippen molar-refractivity contribution >= 4 is 34.8 Å². The molecule has 56 valence electrons. The molecule has 2 heterocycles. The fourth-order valence-corrected chi connectivity index (χ4v) is 1.23. The van der Waals surface area contributed by atoms with Crippen LogP contribution >= 0.6 is 11.6 Å². The Bertz CT molecular complexity index is 313. The average Bonchev–Trinajstić information content (AvgIpc) is 2.34. The number of aliphatic imine (C=N–C) groups is 4. The summed E-state index contributed by atoms with van der Waals surface area (Å²) in [5.41, 5.74) is 0.845. The van der Waals surface area contributed by atoms with E-state index in [1.54, 1.807) is 0 Å². The minimum atomic E-state index is -0.0856. The van der Waals surface area contributed by atoms with Crippen LogP contribution in [0, 0.1) is 0 Å². The average molecular weight is 169 g/mol. The Morgan fingerprint density at radius 1 is 1.45 bits per heavy atom. The zero-order valence-corrected chi connectivity index (χ0v) is 6.58. The molecule has 0 N–H and O–H groups in total. The summed E-state index contributed by atoms with van der Waals surface area (Å²) in [5.74, 6) is 0.641. The number of rotatable bonds is 0. The van der Waals surface area contributed by atoms with Crippen molar-refractivity contribution in [1.82, 2.24) is 0 Å². The van der Waals surface area contributed by atoms with Crippen molar-refractivity contribution in [2.24, 2.45) is 20.0 Å². The molecule has 5 heteroatoms. The molecule has 0 spiro atoms. The molecule has 1 atom stereocenters. The fourth-order valence-electron chi connectivity index (χ4n) is 1.01. The lowest BCUT2D eigenvalue weighted by molar-refractivity contribution is 1.13. The van der Waals surface area contributed by atoms with E-state index in [1.807, 2.05) is 6.92 Å². The molecule has 4 nitrogen and oxygen atoms in total. The Labute approximate surface area is 68.4 Å². The van der Waals surface area contributed by atoms with Gasteiger partial charge in [0.1, 0.15) is 12.4 Å². The lowest BCUT2D eigenvalue weighted by atomic mass is 10.2. The predicted molar refractivity (Wildman–Crippen MR) is 46.1 cm³/mol. The summed E-state index contributed by atoms with van der Waals surface area (Å²) in [4.78, 5) is 15.9. The van der Waals surface area contributed by atoms with Gasteiger partial charge in [0, 0.05) is 0 Å². The maximum Gasteiger partial charge on any atom is 0.224 e. The molecule has 0 saturated carbocycles. The van der Waals surface area contributed by atoms with E-state index >= 15 is 0 Å². The van der Waals surface area contributed by atoms with Crippen molar-refractivity contribution in [3.63, 3.8) is 0 Å². The molecule has 0 radical (unpaired) electrons. The van der Waals surface area contributed by atoms with Crippen LogP contribution in [-0.4, -0.2) is 29.2 Å². The Hall–Kier alpha value is -1.03. The number of amidine groups is 2. The van der Waals surface area contributed by atoms with Crippen LogP contribution in [-0.2, 0) is 0 Å². The van der Waals surface area contributed by atoms with Gasteiger partial charge in [-0.25, -0.2) is 9.98 Å². The lowest BCUT2D eigenvalue weighted by Crippen LogP contribution is -2.26. The van der Waals surface area contributed by atoms with E-state index in [-0.39, 0.29) is 11.3 Å². The number of hydrogen-bond donors (Lipinski definition) is 0. The highest BCUT2D eigenvalue weighted by Crippen LogP contribution is 2.12. The zero-order valence-electron chi connectivity index (χ0n) is 5.82. The van der Waals surface area contributed by atoms with Crippen molar-refractivity contribution < 1.29 is 0 Å². The molecule has 2 aliphatic heterocycles. The van der Waals surface area contributed by atoms with Crippen molar-refractivity contribution in [1.29, 1.82) is 0 Å². The first-order valence-corrected chi connectivity index (χ1v) is 3.54. The third kappa shape index (κ3) is 0.991. The molecular weight excluding hydrogens is 164 g/mol. The van der Waals surface area contributed by atoms with Gasteiger partial charge >= 0.3 is 0 Å². The van der Waals surface area contributed by atoms with E-state index < -0.39 is 0 Å². The molecule has 1 unspecified atom stereocenters. The van der Waals surface area contributed by atoms with Gasteiger partial charge in [0.2, 0.25) is 5.29 Å². The first-order valence-electron chi connectivity index (χ1n) is 3.16. The van der Waals surface area contributed by atoms with Crippen LogP contribution in [0.5, 0.6) is 0 Å². The molecule has 2 aliphatic rings. The van der Waals surface area contributed by atoms with E-state index in [1.165, 1.54) is 6.34 Å². The molecule has 2 rings (SSSR count). The number of hydrogen-bond acceptors (Lipinski definition) is 4. The molecule has 0 aliphatic carbocycles. The molecule has 0 saturated heterocycles. The zero-order chi connectivity index (χ0) is 7.84. The number of fused-ring (bicyclic) bond motifs is 1. The molecule has 0 aromatic carbocycles. The minimum Gasteiger partial charge on any atom is -0.256 e. The summed E-state index contributed by atoms with van der Waals surface area (Å²) in [5, 5.41) is 0.239. The van der Waals surface area contributed by atoms with E-state index in [9.17, 15) is 0 Å². The second-order valence-corrected chi connectivity index (χ2v) is 2.63. The summed E-state index contributed by atoms with van der Waals surface area (Å²) in [6, 6.07) is -0.0856. The van der Waals surface area contributed by atoms with E-state index in [0.717, 1.165) is 5.71 Å². The van der Waals surface area contributed by atoms with Crippen LogP contribution in [0.1, 0.15) is 6.92 Å². The molecule has 0 aromatic rings. The van der Waals surface area contributed by atoms with Crippen molar-refractivity contribution in [2.75, 3.05) is 0 Å². The van der Waals surface area contributed by atoms with Crippen molar-refractivity contribution in [3.05, 3.63) is 0 Å². The largest absolute Gasteiger partial charge is 0.256 e. The third-order valence-corrected chi connectivity index (χ3v) is 1.69. The topological polar surface area (TPSA) is 49.4 Å². The Morgan fingerprint density at radius 2 is 2.27 bits per heavy atom. The molecular formula is C6H5ClN4. The fraction of sp³-hybridized carbons (Fsp3) is 0.333. The highest BCUT2D eigenvalue weighted by Gasteiger charge is 2.24. The lowest BCUT2D eigenvalue weighted by Gasteiger charge is -2.10. The first kappa shape index (κ1) is 6.67. The van der Waals surface area contributed by atoms with E-state index in [2.05, 4.69) is 20.0 Å². The van der Waals surface area contributed by atoms with E-state index in [0.29, 0.717) is 5.84 Å². The monoisotopic (exact) mass is 168 g/mol. The molecule has 11 heavy (non-hydrogen) atoms. The van der Waals surface area contributed by atoms with Crippen LogP contribution in [0.25, 0.3) is 0 Å². The maximum atomic E-state index is 5.60. The van der Waals surface area contributed by atoms with Gasteiger partial charge in [-0.15, -0.1) is 0 Å². The SMILES string of the molecule is CC1=NC(Cl)=NC2=NC=NC12. The quantitative estimate of drug-likeness (QED) is 0.482. The summed E-state index contributed by atoms with van der Waals surface area (Å²) < 4.78 is 0. The normalized spacial score (nSPS) is 27.5. The van der Waals surface area contributed by atoms with Gasteiger partial charge in [0.25, 0.3) is 0 Å². The maximum absolute atomic E-state index is 5.60. The van der Waals surface area contributed by atoms with Gasteiger partial charge in [-0.05, 0) is 18.5 Å². The van der Waals surface area contributed by atoms with Crippen LogP contribution < -0.4 is 0 Å². The van der Waals surface area contributed by atoms with Gasteiger partial charge < -0.3 is 0 Å². The van der Waals surface area contributed by atoms with E-state index in [4.69, 9.17) is 11.6 Å². The number of halogens is 1. The van der Waals surface area contributed by atoms with Gasteiger partial charge in [-0.2, -0.15) is 4.99 Å². The predicted octanol–water partition coefficient (Wildman–Crippen LogP) is 0.865. The summed E-state index contributed by atoms with van der Waals surface area (Å²) in [7, 11) is 0. The Morgan fingerprint density at radius 3 is 3.09 bits per heavy atom. The van der Waals surface area contributed by atoms with Crippen LogP contribution in [0.2, 0.25) is 0 Å². The number of nitrogens with zero attached hydrogens (tertiary/aromatic N) is 4. The first-order chi connectivity index (χ1) is 5.27. The van der Waals surface area contributed by atoms with Gasteiger partial charge in [0.05, 0.1) is 5.71 Å². The van der Waals surface area contributed by atoms with Crippen LogP contribution in [0.15, 0.2) is 20.0 Å². The third-order valence-electron chi connectivity index (χ3n) is 1.52. The standard InChI is InChI=1S/C6H5ClN4/c1-3-4-5(9-2-8-4)11-6(7)10-3/h2,4H,1H3. The highest BCUT2D eigenvalue weighted by molar-refractivity contribution is 6.67. The van der Waals surface area contributed by atoms with Gasteiger partial charge in [0.15, 0.2) is 5.84 Å². The van der Waals surface area contributed by atoms with Gasteiger partial charge in [-0.3, -0.25) is 4.99 Å². The van der Waals surface area contributed by atoms with Gasteiger partial charge in [-0.1, -0.05) is 0 Å². The highest BCUT2D eigenvalue weighted by atomic mass is 35.5. The van der Waals surface area contributed by atoms with Crippen LogP contribution in [0.3, 0.4) is 0 Å². The Kier molecular flexibility index (Phi) is 1.35. The smallest absolute Gasteiger partial charge is 0.224 e. The van der Waals surface area contributed by atoms with Crippen molar-refractivity contribution in [2.45, 2.75) is 13.0 Å². The summed E-state index contributed by atoms with van der Waals surface area (Å²) in [6.07, 6.45) is 1.48. The van der Waals surface area contributed by atoms with Crippen LogP contribution in [0.4, 0.5) is 0 Å². The second-order valence-electron chi connectivity index (χ2n) is 2.29. The molecule has 0 fully saturated rings. The summed E-state index contributed by atoms with van der Waals surface area (Å²) >= 11 is 5.60. The molecule has 0 amide bonds. The second kappa shape index (κ2) is 2.23.